The van der Waals surface area contributed by atoms with E-state index in [2.05, 4.69) is 6.92 Å². The van der Waals surface area contributed by atoms with Gasteiger partial charge in [-0.15, -0.1) is 0 Å². The van der Waals surface area contributed by atoms with E-state index in [0.717, 1.165) is 23.2 Å². The summed E-state index contributed by atoms with van der Waals surface area (Å²) in [5, 5.41) is 12.0. The predicted molar refractivity (Wildman–Crippen MR) is 84.8 cm³/mol. The molecule has 0 spiro atoms. The van der Waals surface area contributed by atoms with Gasteiger partial charge in [0.1, 0.15) is 0 Å². The third kappa shape index (κ3) is 1.91. The van der Waals surface area contributed by atoms with Crippen LogP contribution in [0.25, 0.3) is 0 Å². The number of hydrogen-bond donors (Lipinski definition) is 0. The van der Waals surface area contributed by atoms with Gasteiger partial charge in [0, 0.05) is 16.3 Å². The molecule has 116 valence electrons. The molecule has 2 aliphatic heterocycles. The lowest BCUT2D eigenvalue weighted by Crippen LogP contribution is -2.33. The number of nitrogens with zero attached hydrogens (tertiary/aromatic N) is 1. The van der Waals surface area contributed by atoms with E-state index in [-0.39, 0.29) is 29.0 Å². The number of benzene rings is 2. The van der Waals surface area contributed by atoms with Gasteiger partial charge in [-0.2, -0.15) is 0 Å². The normalized spacial score (nSPS) is 21.7. The first-order valence-corrected chi connectivity index (χ1v) is 7.84. The molecule has 0 fully saturated rings. The van der Waals surface area contributed by atoms with Crippen molar-refractivity contribution < 1.29 is 14.7 Å². The second kappa shape index (κ2) is 4.83. The zero-order chi connectivity index (χ0) is 16.3. The average Bonchev–Trinajstić information content (AvgIpc) is 2.81. The molecule has 0 unspecified atom stereocenters. The van der Waals surface area contributed by atoms with Crippen molar-refractivity contribution in [1.82, 2.24) is 0 Å². The van der Waals surface area contributed by atoms with E-state index in [1.165, 1.54) is 6.07 Å². The molecule has 2 heterocycles. The summed E-state index contributed by atoms with van der Waals surface area (Å²) in [6, 6.07) is 10.3. The molecule has 1 amide bonds. The van der Waals surface area contributed by atoms with Crippen LogP contribution in [-0.4, -0.2) is 11.9 Å². The molecule has 0 saturated heterocycles. The summed E-state index contributed by atoms with van der Waals surface area (Å²) in [6.45, 7) is 2.09. The number of carboxylic acid groups (broad SMARTS) is 1. The summed E-state index contributed by atoms with van der Waals surface area (Å²) >= 11 is 6.09. The van der Waals surface area contributed by atoms with Gasteiger partial charge in [0.05, 0.1) is 17.6 Å². The van der Waals surface area contributed by atoms with Crippen LogP contribution in [0.15, 0.2) is 36.4 Å². The Labute approximate surface area is 138 Å². The second-order valence-electron chi connectivity index (χ2n) is 6.09. The Kier molecular flexibility index (Phi) is 3.00. The number of amides is 1. The van der Waals surface area contributed by atoms with Crippen molar-refractivity contribution in [1.29, 1.82) is 0 Å². The fraction of sp³-hybridized carbons (Fsp3) is 0.222. The van der Waals surface area contributed by atoms with Gasteiger partial charge in [-0.25, -0.2) is 0 Å². The van der Waals surface area contributed by atoms with E-state index in [0.29, 0.717) is 5.02 Å². The van der Waals surface area contributed by atoms with Crippen LogP contribution in [0.2, 0.25) is 5.02 Å². The van der Waals surface area contributed by atoms with Gasteiger partial charge in [-0.05, 0) is 41.7 Å². The lowest BCUT2D eigenvalue weighted by molar-refractivity contribution is -0.255. The molecule has 0 aromatic heterocycles. The van der Waals surface area contributed by atoms with Crippen LogP contribution in [0.5, 0.6) is 0 Å². The molecule has 0 aliphatic carbocycles. The highest BCUT2D eigenvalue weighted by molar-refractivity contribution is 6.30. The van der Waals surface area contributed by atoms with Crippen LogP contribution in [0.3, 0.4) is 0 Å². The van der Waals surface area contributed by atoms with Gasteiger partial charge >= 0.3 is 0 Å². The topological polar surface area (TPSA) is 60.4 Å². The van der Waals surface area contributed by atoms with Crippen LogP contribution >= 0.6 is 11.6 Å². The van der Waals surface area contributed by atoms with Crippen molar-refractivity contribution in [3.63, 3.8) is 0 Å². The first-order chi connectivity index (χ1) is 11.0. The molecule has 2 aliphatic rings. The summed E-state index contributed by atoms with van der Waals surface area (Å²) in [5.74, 6) is -1.37. The van der Waals surface area contributed by atoms with Crippen molar-refractivity contribution in [3.05, 3.63) is 63.7 Å². The zero-order valence-corrected chi connectivity index (χ0v) is 13.1. The molecule has 2 atom stereocenters. The lowest BCUT2D eigenvalue weighted by atomic mass is 9.85. The molecule has 0 saturated carbocycles. The summed E-state index contributed by atoms with van der Waals surface area (Å²) < 4.78 is 0. The first kappa shape index (κ1) is 14.3. The highest BCUT2D eigenvalue weighted by Crippen LogP contribution is 2.50. The Hall–Kier alpha value is -2.33. The van der Waals surface area contributed by atoms with E-state index in [4.69, 9.17) is 11.6 Å². The number of anilines is 1. The number of carbonyl (C=O) groups excluding carboxylic acids is 2. The smallest absolute Gasteiger partial charge is 0.259 e. The highest BCUT2D eigenvalue weighted by Gasteiger charge is 2.43. The quantitative estimate of drug-likeness (QED) is 0.809. The average molecular weight is 327 g/mol. The van der Waals surface area contributed by atoms with Crippen molar-refractivity contribution in [2.24, 2.45) is 0 Å². The molecule has 0 N–H and O–H groups in total. The molecule has 2 aromatic carbocycles. The zero-order valence-electron chi connectivity index (χ0n) is 12.4. The minimum absolute atomic E-state index is 0.0370. The van der Waals surface area contributed by atoms with Gasteiger partial charge in [0.2, 0.25) is 0 Å². The van der Waals surface area contributed by atoms with Crippen molar-refractivity contribution in [3.8, 4) is 0 Å². The standard InChI is InChI=1S/C18H14ClNO3/c1-9-7-15-11-3-2-4-12(18(22)23)16(11)17(21)20(15)14-6-5-10(19)8-13(9)14/h2-6,8-9,15H,7H2,1H3,(H,22,23)/p-1/t9-,15+/m0/s1. The molecule has 5 heteroatoms. The first-order valence-electron chi connectivity index (χ1n) is 7.46. The van der Waals surface area contributed by atoms with Crippen molar-refractivity contribution >= 4 is 29.2 Å². The maximum Gasteiger partial charge on any atom is 0.259 e. The van der Waals surface area contributed by atoms with Crippen molar-refractivity contribution in [2.45, 2.75) is 25.3 Å². The van der Waals surface area contributed by atoms with Crippen LogP contribution in [0, 0.1) is 0 Å². The molecule has 4 nitrogen and oxygen atoms in total. The monoisotopic (exact) mass is 326 g/mol. The van der Waals surface area contributed by atoms with Gasteiger partial charge < -0.3 is 14.8 Å². The molecule has 4 rings (SSSR count). The Bertz CT molecular complexity index is 861. The maximum absolute atomic E-state index is 12.9. The van der Waals surface area contributed by atoms with Crippen LogP contribution in [0.4, 0.5) is 5.69 Å². The maximum atomic E-state index is 12.9. The number of rotatable bonds is 1. The molecule has 23 heavy (non-hydrogen) atoms. The third-order valence-electron chi connectivity index (χ3n) is 4.78. The minimum atomic E-state index is -1.32. The van der Waals surface area contributed by atoms with Gasteiger partial charge in [0.25, 0.3) is 5.91 Å². The fourth-order valence-electron chi connectivity index (χ4n) is 3.77. The summed E-state index contributed by atoms with van der Waals surface area (Å²) in [4.78, 5) is 26.0. The highest BCUT2D eigenvalue weighted by atomic mass is 35.5. The molecule has 2 aromatic rings. The van der Waals surface area contributed by atoms with Gasteiger partial charge in [0.15, 0.2) is 0 Å². The minimum Gasteiger partial charge on any atom is -0.545 e. The van der Waals surface area contributed by atoms with E-state index in [1.54, 1.807) is 17.0 Å². The van der Waals surface area contributed by atoms with E-state index in [9.17, 15) is 14.7 Å². The number of carboxylic acids is 1. The summed E-state index contributed by atoms with van der Waals surface area (Å²) in [7, 11) is 0. The second-order valence-corrected chi connectivity index (χ2v) is 6.52. The molecule has 0 bridgehead atoms. The van der Waals surface area contributed by atoms with Crippen LogP contribution in [-0.2, 0) is 0 Å². The molecular formula is C18H13ClNO3-. The fourth-order valence-corrected chi connectivity index (χ4v) is 3.95. The largest absolute Gasteiger partial charge is 0.545 e. The number of carbonyl (C=O) groups is 2. The van der Waals surface area contributed by atoms with Gasteiger partial charge in [-0.1, -0.05) is 36.7 Å². The number of hydrogen-bond acceptors (Lipinski definition) is 3. The summed E-state index contributed by atoms with van der Waals surface area (Å²) in [5.41, 5.74) is 2.82. The Morgan fingerprint density at radius 2 is 2.04 bits per heavy atom. The lowest BCUT2D eigenvalue weighted by Gasteiger charge is -2.36. The van der Waals surface area contributed by atoms with Crippen molar-refractivity contribution in [2.75, 3.05) is 4.90 Å². The molecule has 0 radical (unpaired) electrons. The SMILES string of the molecule is C[C@H]1C[C@@H]2c3cccc(C(=O)[O-])c3C(=O)N2c2ccc(Cl)cc21. The third-order valence-corrected chi connectivity index (χ3v) is 5.01. The Balaban J connectivity index is 1.94. The van der Waals surface area contributed by atoms with Gasteiger partial charge in [-0.3, -0.25) is 4.79 Å². The van der Waals surface area contributed by atoms with Crippen LogP contribution in [0.1, 0.15) is 57.1 Å². The number of halogens is 1. The Morgan fingerprint density at radius 3 is 2.78 bits per heavy atom. The predicted octanol–water partition coefficient (Wildman–Crippen LogP) is 2.91. The van der Waals surface area contributed by atoms with Crippen LogP contribution < -0.4 is 10.0 Å². The molecular weight excluding hydrogens is 314 g/mol. The van der Waals surface area contributed by atoms with E-state index >= 15 is 0 Å². The number of fused-ring (bicyclic) bond motifs is 5. The van der Waals surface area contributed by atoms with E-state index < -0.39 is 5.97 Å². The summed E-state index contributed by atoms with van der Waals surface area (Å²) in [6.07, 6.45) is 0.739. The van der Waals surface area contributed by atoms with E-state index in [1.807, 2.05) is 18.2 Å². The number of aromatic carboxylic acids is 1. The Morgan fingerprint density at radius 1 is 1.26 bits per heavy atom.